The number of phosphoric ester groups is 2. The summed E-state index contributed by atoms with van der Waals surface area (Å²) in [5.74, 6) is -1.30. The van der Waals surface area contributed by atoms with Crippen LogP contribution in [0, 0.1) is 5.92 Å². The zero-order valence-electron chi connectivity index (χ0n) is 63.9. The maximum atomic E-state index is 13.1. The van der Waals surface area contributed by atoms with E-state index in [1.807, 2.05) is 0 Å². The van der Waals surface area contributed by atoms with Crippen LogP contribution in [0.4, 0.5) is 0 Å². The van der Waals surface area contributed by atoms with E-state index in [1.54, 1.807) is 0 Å². The predicted octanol–water partition coefficient (Wildman–Crippen LogP) is 23.6. The second kappa shape index (κ2) is 72.0. The average Bonchev–Trinajstić information content (AvgIpc) is 0.966. The number of esters is 4. The Balaban J connectivity index is 5.21. The van der Waals surface area contributed by atoms with Crippen molar-refractivity contribution in [2.75, 3.05) is 39.6 Å². The number of ether oxygens (including phenoxy) is 4. The molecule has 0 spiro atoms. The molecular formula is C79H154O17P2. The molecule has 0 amide bonds. The lowest BCUT2D eigenvalue weighted by Crippen LogP contribution is -2.30. The van der Waals surface area contributed by atoms with E-state index < -0.39 is 97.5 Å². The smallest absolute Gasteiger partial charge is 0.462 e. The Kier molecular flexibility index (Phi) is 70.6. The predicted molar refractivity (Wildman–Crippen MR) is 400 cm³/mol. The molecule has 0 saturated heterocycles. The van der Waals surface area contributed by atoms with E-state index in [0.29, 0.717) is 25.7 Å². The molecule has 3 N–H and O–H groups in total. The van der Waals surface area contributed by atoms with Gasteiger partial charge in [-0.1, -0.05) is 369 Å². The Hall–Kier alpha value is -1.94. The van der Waals surface area contributed by atoms with Crippen molar-refractivity contribution in [1.29, 1.82) is 0 Å². The van der Waals surface area contributed by atoms with E-state index in [-0.39, 0.29) is 25.7 Å². The van der Waals surface area contributed by atoms with Crippen LogP contribution in [0.2, 0.25) is 0 Å². The van der Waals surface area contributed by atoms with Crippen LogP contribution >= 0.6 is 15.6 Å². The zero-order valence-corrected chi connectivity index (χ0v) is 65.7. The molecule has 3 unspecified atom stereocenters. The Labute approximate surface area is 600 Å². The molecule has 17 nitrogen and oxygen atoms in total. The number of carbonyl (C=O) groups is 4. The van der Waals surface area contributed by atoms with Crippen molar-refractivity contribution in [3.8, 4) is 0 Å². The van der Waals surface area contributed by atoms with Crippen LogP contribution in [0.3, 0.4) is 0 Å². The summed E-state index contributed by atoms with van der Waals surface area (Å²) in [5, 5.41) is 10.6. The highest BCUT2D eigenvalue weighted by molar-refractivity contribution is 7.47. The van der Waals surface area contributed by atoms with Crippen LogP contribution in [0.5, 0.6) is 0 Å². The maximum absolute atomic E-state index is 13.1. The molecule has 0 aromatic rings. The molecular weight excluding hydrogens is 1280 g/mol. The maximum Gasteiger partial charge on any atom is 0.472 e. The summed E-state index contributed by atoms with van der Waals surface area (Å²) in [6.07, 6.45) is 62.3. The first-order valence-electron chi connectivity index (χ1n) is 41.2. The third-order valence-corrected chi connectivity index (χ3v) is 20.8. The van der Waals surface area contributed by atoms with Gasteiger partial charge in [0, 0.05) is 25.7 Å². The van der Waals surface area contributed by atoms with Gasteiger partial charge in [0.1, 0.15) is 19.3 Å². The van der Waals surface area contributed by atoms with Crippen molar-refractivity contribution < 1.29 is 80.2 Å². The topological polar surface area (TPSA) is 237 Å². The van der Waals surface area contributed by atoms with Crippen molar-refractivity contribution in [3.05, 3.63) is 0 Å². The standard InChI is InChI=1S/C79H154O17P2/c1-6-10-13-16-19-22-25-27-28-29-30-31-32-33-34-36-38-45-50-55-60-65-79(84)96-75(69-90-77(82)63-58-53-48-43-40-39-41-46-51-56-61-72(5)9-4)71-94-98(87,88)92-67-73(80)66-91-97(85,86)93-70-74(68-89-76(81)62-57-52-47-42-24-21-18-15-12-8-3)95-78(83)64-59-54-49-44-37-35-26-23-20-17-14-11-7-2/h72-75,80H,6-71H2,1-5H3,(H,85,86)(H,87,88)/t72?,73-,74+,75+/m0/s1. The molecule has 0 aliphatic rings. The second-order valence-corrected chi connectivity index (χ2v) is 31.6. The van der Waals surface area contributed by atoms with Crippen molar-refractivity contribution in [1.82, 2.24) is 0 Å². The number of aliphatic hydroxyl groups excluding tert-OH is 1. The number of aliphatic hydroxyl groups is 1. The first-order valence-corrected chi connectivity index (χ1v) is 44.2. The lowest BCUT2D eigenvalue weighted by Gasteiger charge is -2.21. The molecule has 0 aromatic heterocycles. The second-order valence-electron chi connectivity index (χ2n) is 28.7. The van der Waals surface area contributed by atoms with Crippen molar-refractivity contribution in [3.63, 3.8) is 0 Å². The van der Waals surface area contributed by atoms with E-state index in [0.717, 1.165) is 95.8 Å². The van der Waals surface area contributed by atoms with Gasteiger partial charge in [-0.2, -0.15) is 0 Å². The van der Waals surface area contributed by atoms with Gasteiger partial charge in [-0.05, 0) is 31.6 Å². The minimum atomic E-state index is -4.96. The molecule has 582 valence electrons. The number of hydrogen-bond acceptors (Lipinski definition) is 15. The molecule has 0 radical (unpaired) electrons. The van der Waals surface area contributed by atoms with Gasteiger partial charge in [0.15, 0.2) is 12.2 Å². The molecule has 0 aromatic carbocycles. The quantitative estimate of drug-likeness (QED) is 0.0222. The summed E-state index contributed by atoms with van der Waals surface area (Å²) < 4.78 is 68.6. The summed E-state index contributed by atoms with van der Waals surface area (Å²) in [6, 6.07) is 0. The van der Waals surface area contributed by atoms with Crippen molar-refractivity contribution in [2.45, 2.75) is 438 Å². The summed E-state index contributed by atoms with van der Waals surface area (Å²) >= 11 is 0. The minimum Gasteiger partial charge on any atom is -0.462 e. The van der Waals surface area contributed by atoms with Gasteiger partial charge in [-0.3, -0.25) is 37.3 Å². The Morgan fingerprint density at radius 1 is 0.286 bits per heavy atom. The van der Waals surface area contributed by atoms with Crippen molar-refractivity contribution >= 4 is 39.5 Å². The molecule has 0 aliphatic carbocycles. The largest absolute Gasteiger partial charge is 0.472 e. The lowest BCUT2D eigenvalue weighted by molar-refractivity contribution is -0.161. The highest BCUT2D eigenvalue weighted by Gasteiger charge is 2.30. The molecule has 0 heterocycles. The molecule has 0 aliphatic heterocycles. The van der Waals surface area contributed by atoms with Gasteiger partial charge in [0.05, 0.1) is 26.4 Å². The van der Waals surface area contributed by atoms with Gasteiger partial charge in [-0.25, -0.2) is 9.13 Å². The van der Waals surface area contributed by atoms with E-state index in [9.17, 15) is 43.2 Å². The fraction of sp³-hybridized carbons (Fsp3) is 0.949. The van der Waals surface area contributed by atoms with Crippen LogP contribution in [-0.2, 0) is 65.4 Å². The Bertz CT molecular complexity index is 1880. The van der Waals surface area contributed by atoms with Crippen LogP contribution < -0.4 is 0 Å². The summed E-state index contributed by atoms with van der Waals surface area (Å²) in [4.78, 5) is 72.9. The number of phosphoric acid groups is 2. The third kappa shape index (κ3) is 71.1. The highest BCUT2D eigenvalue weighted by atomic mass is 31.2. The SMILES string of the molecule is CCCCCCCCCCCCCCCCCCCCCCCC(=O)O[C@H](COC(=O)CCCCCCCCCCCCC(C)CC)COP(=O)(O)OC[C@@H](O)COP(=O)(O)OC[C@@H](COC(=O)CCCCCCCCCCCC)OC(=O)CCCCCCCCCCCCCCC. The zero-order chi connectivity index (χ0) is 71.9. The third-order valence-electron chi connectivity index (χ3n) is 18.9. The molecule has 0 saturated carbocycles. The average molecular weight is 1440 g/mol. The van der Waals surface area contributed by atoms with Crippen LogP contribution in [-0.4, -0.2) is 96.7 Å². The first-order chi connectivity index (χ1) is 47.6. The Morgan fingerprint density at radius 2 is 0.490 bits per heavy atom. The van der Waals surface area contributed by atoms with E-state index in [2.05, 4.69) is 34.6 Å². The van der Waals surface area contributed by atoms with Gasteiger partial charge >= 0.3 is 39.5 Å². The summed E-state index contributed by atoms with van der Waals surface area (Å²) in [7, 11) is -9.91. The minimum absolute atomic E-state index is 0.108. The van der Waals surface area contributed by atoms with Gasteiger partial charge in [-0.15, -0.1) is 0 Å². The fourth-order valence-corrected chi connectivity index (χ4v) is 13.8. The fourth-order valence-electron chi connectivity index (χ4n) is 12.2. The normalized spacial score (nSPS) is 14.2. The molecule has 0 rings (SSSR count). The summed E-state index contributed by atoms with van der Waals surface area (Å²) in [6.45, 7) is 7.33. The van der Waals surface area contributed by atoms with Gasteiger partial charge in [0.2, 0.25) is 0 Å². The molecule has 19 heteroatoms. The number of carbonyl (C=O) groups excluding carboxylic acids is 4. The van der Waals surface area contributed by atoms with E-state index in [1.165, 1.54) is 244 Å². The van der Waals surface area contributed by atoms with Crippen LogP contribution in [0.1, 0.15) is 420 Å². The lowest BCUT2D eigenvalue weighted by atomic mass is 9.99. The van der Waals surface area contributed by atoms with Gasteiger partial charge in [0.25, 0.3) is 0 Å². The van der Waals surface area contributed by atoms with Crippen LogP contribution in [0.25, 0.3) is 0 Å². The molecule has 98 heavy (non-hydrogen) atoms. The number of rotatable bonds is 79. The van der Waals surface area contributed by atoms with Crippen molar-refractivity contribution in [2.24, 2.45) is 5.92 Å². The summed E-state index contributed by atoms with van der Waals surface area (Å²) in [5.41, 5.74) is 0. The highest BCUT2D eigenvalue weighted by Crippen LogP contribution is 2.45. The van der Waals surface area contributed by atoms with E-state index >= 15 is 0 Å². The number of unbranched alkanes of at least 4 members (excludes halogenated alkanes) is 50. The number of hydrogen-bond donors (Lipinski definition) is 3. The first kappa shape index (κ1) is 96.1. The molecule has 0 fully saturated rings. The van der Waals surface area contributed by atoms with E-state index in [4.69, 9.17) is 37.0 Å². The monoisotopic (exact) mass is 1440 g/mol. The molecule has 6 atom stereocenters. The van der Waals surface area contributed by atoms with Gasteiger partial charge < -0.3 is 33.8 Å². The Morgan fingerprint density at radius 3 is 0.724 bits per heavy atom. The van der Waals surface area contributed by atoms with Crippen LogP contribution in [0.15, 0.2) is 0 Å². The molecule has 0 bridgehead atoms.